The molecule has 1 heterocycles. The van der Waals surface area contributed by atoms with Gasteiger partial charge in [0, 0.05) is 5.69 Å². The zero-order chi connectivity index (χ0) is 23.0. The number of benzene rings is 3. The van der Waals surface area contributed by atoms with Crippen LogP contribution in [-0.2, 0) is 16.1 Å². The SMILES string of the molecule is O=C1C(=CC=Cc2ccccc2)SC(=S)N1CC(=O)N(Cc1ccccc1)c1ccccc1. The molecule has 3 aromatic rings. The van der Waals surface area contributed by atoms with E-state index in [1.807, 2.05) is 103 Å². The molecule has 3 aromatic carbocycles. The fourth-order valence-corrected chi connectivity index (χ4v) is 4.59. The van der Waals surface area contributed by atoms with Crippen LogP contribution in [0.1, 0.15) is 11.1 Å². The fourth-order valence-electron chi connectivity index (χ4n) is 3.38. The molecule has 2 amide bonds. The van der Waals surface area contributed by atoms with Crippen LogP contribution in [0.15, 0.2) is 108 Å². The van der Waals surface area contributed by atoms with Gasteiger partial charge in [-0.2, -0.15) is 0 Å². The molecule has 4 nitrogen and oxygen atoms in total. The summed E-state index contributed by atoms with van der Waals surface area (Å²) >= 11 is 6.64. The van der Waals surface area contributed by atoms with Crippen molar-refractivity contribution >= 4 is 51.9 Å². The van der Waals surface area contributed by atoms with Gasteiger partial charge in [-0.25, -0.2) is 0 Å². The normalized spacial score (nSPS) is 14.9. The quantitative estimate of drug-likeness (QED) is 0.329. The first-order chi connectivity index (χ1) is 16.1. The monoisotopic (exact) mass is 470 g/mol. The number of amides is 2. The number of para-hydroxylation sites is 1. The van der Waals surface area contributed by atoms with Gasteiger partial charge in [-0.3, -0.25) is 14.5 Å². The van der Waals surface area contributed by atoms with Crippen molar-refractivity contribution < 1.29 is 9.59 Å². The largest absolute Gasteiger partial charge is 0.306 e. The van der Waals surface area contributed by atoms with Gasteiger partial charge >= 0.3 is 0 Å². The van der Waals surface area contributed by atoms with E-state index < -0.39 is 0 Å². The van der Waals surface area contributed by atoms with E-state index in [0.29, 0.717) is 15.8 Å². The summed E-state index contributed by atoms with van der Waals surface area (Å²) in [4.78, 5) is 29.9. The van der Waals surface area contributed by atoms with Gasteiger partial charge in [-0.05, 0) is 29.3 Å². The second-order valence-electron chi connectivity index (χ2n) is 7.36. The molecule has 1 aliphatic heterocycles. The van der Waals surface area contributed by atoms with E-state index in [1.165, 1.54) is 16.7 Å². The number of carbonyl (C=O) groups excluding carboxylic acids is 2. The van der Waals surface area contributed by atoms with Gasteiger partial charge in [0.15, 0.2) is 0 Å². The zero-order valence-electron chi connectivity index (χ0n) is 17.8. The highest BCUT2D eigenvalue weighted by Gasteiger charge is 2.34. The van der Waals surface area contributed by atoms with Crippen molar-refractivity contribution in [2.45, 2.75) is 6.54 Å². The molecule has 1 fully saturated rings. The minimum Gasteiger partial charge on any atom is -0.306 e. The molecule has 4 rings (SSSR count). The Hall–Kier alpha value is -3.48. The van der Waals surface area contributed by atoms with Crippen LogP contribution in [0.2, 0.25) is 0 Å². The highest BCUT2D eigenvalue weighted by atomic mass is 32.2. The van der Waals surface area contributed by atoms with Crippen molar-refractivity contribution in [2.75, 3.05) is 11.4 Å². The number of anilines is 1. The maximum Gasteiger partial charge on any atom is 0.266 e. The van der Waals surface area contributed by atoms with E-state index in [9.17, 15) is 9.59 Å². The lowest BCUT2D eigenvalue weighted by atomic mass is 10.2. The number of allylic oxidation sites excluding steroid dienone is 2. The van der Waals surface area contributed by atoms with E-state index in [2.05, 4.69) is 0 Å². The third kappa shape index (κ3) is 5.86. The summed E-state index contributed by atoms with van der Waals surface area (Å²) < 4.78 is 0.389. The molecule has 33 heavy (non-hydrogen) atoms. The standard InChI is InChI=1S/C27H22N2O2S2/c30-25(28(23-16-8-3-9-17-23)19-22-13-6-2-7-14-22)20-29-26(31)24(33-27(29)32)18-10-15-21-11-4-1-5-12-21/h1-18H,19-20H2. The van der Waals surface area contributed by atoms with Crippen molar-refractivity contribution in [3.8, 4) is 0 Å². The maximum atomic E-state index is 13.3. The van der Waals surface area contributed by atoms with Crippen molar-refractivity contribution in [1.29, 1.82) is 0 Å². The number of thioether (sulfide) groups is 1. The third-order valence-electron chi connectivity index (χ3n) is 5.06. The minimum atomic E-state index is -0.246. The number of carbonyl (C=O) groups is 2. The average Bonchev–Trinajstić information content (AvgIpc) is 3.12. The molecule has 164 valence electrons. The molecule has 6 heteroatoms. The Morgan fingerprint density at radius 2 is 1.52 bits per heavy atom. The molecule has 0 aliphatic carbocycles. The summed E-state index contributed by atoms with van der Waals surface area (Å²) in [6.45, 7) is 0.306. The van der Waals surface area contributed by atoms with Crippen LogP contribution in [0, 0.1) is 0 Å². The molecule has 0 bridgehead atoms. The van der Waals surface area contributed by atoms with Crippen molar-refractivity contribution in [2.24, 2.45) is 0 Å². The maximum absolute atomic E-state index is 13.3. The summed E-state index contributed by atoms with van der Waals surface area (Å²) in [5.41, 5.74) is 2.82. The molecule has 0 N–H and O–H groups in total. The van der Waals surface area contributed by atoms with Crippen molar-refractivity contribution in [3.63, 3.8) is 0 Å². The predicted octanol–water partition coefficient (Wildman–Crippen LogP) is 5.68. The van der Waals surface area contributed by atoms with Crippen molar-refractivity contribution in [3.05, 3.63) is 119 Å². The Balaban J connectivity index is 1.49. The van der Waals surface area contributed by atoms with Gasteiger partial charge < -0.3 is 4.90 Å². The number of rotatable bonds is 7. The summed E-state index contributed by atoms with van der Waals surface area (Å²) in [6, 6.07) is 29.1. The van der Waals surface area contributed by atoms with Gasteiger partial charge in [-0.15, -0.1) is 0 Å². The summed E-state index contributed by atoms with van der Waals surface area (Å²) in [6.07, 6.45) is 5.50. The molecule has 0 saturated carbocycles. The smallest absolute Gasteiger partial charge is 0.266 e. The lowest BCUT2D eigenvalue weighted by molar-refractivity contribution is -0.127. The Bertz CT molecular complexity index is 1190. The zero-order valence-corrected chi connectivity index (χ0v) is 19.5. The van der Waals surface area contributed by atoms with Gasteiger partial charge in [0.25, 0.3) is 5.91 Å². The van der Waals surface area contributed by atoms with E-state index in [1.54, 1.807) is 11.0 Å². The molecule has 0 unspecified atom stereocenters. The second-order valence-corrected chi connectivity index (χ2v) is 9.04. The van der Waals surface area contributed by atoms with Crippen LogP contribution in [0.3, 0.4) is 0 Å². The average molecular weight is 471 g/mol. The fraction of sp³-hybridized carbons (Fsp3) is 0.0741. The Morgan fingerprint density at radius 1 is 0.909 bits per heavy atom. The van der Waals surface area contributed by atoms with E-state index in [4.69, 9.17) is 12.2 Å². The van der Waals surface area contributed by atoms with Crippen LogP contribution in [0.25, 0.3) is 6.08 Å². The Morgan fingerprint density at radius 3 is 2.18 bits per heavy atom. The topological polar surface area (TPSA) is 40.6 Å². The molecule has 0 aromatic heterocycles. The van der Waals surface area contributed by atoms with E-state index in [0.717, 1.165) is 16.8 Å². The van der Waals surface area contributed by atoms with Crippen LogP contribution in [0.5, 0.6) is 0 Å². The molecular weight excluding hydrogens is 448 g/mol. The molecule has 0 atom stereocenters. The lowest BCUT2D eigenvalue weighted by Gasteiger charge is -2.25. The van der Waals surface area contributed by atoms with Crippen LogP contribution in [0.4, 0.5) is 5.69 Å². The first-order valence-corrected chi connectivity index (χ1v) is 11.7. The van der Waals surface area contributed by atoms with Gasteiger partial charge in [-0.1, -0.05) is 115 Å². The van der Waals surface area contributed by atoms with Crippen LogP contribution in [-0.4, -0.2) is 27.6 Å². The number of nitrogens with zero attached hydrogens (tertiary/aromatic N) is 2. The number of hydrogen-bond acceptors (Lipinski definition) is 4. The van der Waals surface area contributed by atoms with Crippen molar-refractivity contribution in [1.82, 2.24) is 4.90 Å². The first kappa shape index (κ1) is 22.7. The molecule has 1 saturated heterocycles. The number of thiocarbonyl (C=S) groups is 1. The third-order valence-corrected chi connectivity index (χ3v) is 6.45. The lowest BCUT2D eigenvalue weighted by Crippen LogP contribution is -2.42. The summed E-state index contributed by atoms with van der Waals surface area (Å²) in [7, 11) is 0. The predicted molar refractivity (Wildman–Crippen MR) is 140 cm³/mol. The highest BCUT2D eigenvalue weighted by Crippen LogP contribution is 2.31. The molecule has 0 radical (unpaired) electrons. The molecule has 1 aliphatic rings. The summed E-state index contributed by atoms with van der Waals surface area (Å²) in [5.74, 6) is -0.439. The Kier molecular flexibility index (Phi) is 7.50. The van der Waals surface area contributed by atoms with Gasteiger partial charge in [0.1, 0.15) is 10.9 Å². The van der Waals surface area contributed by atoms with E-state index in [-0.39, 0.29) is 18.4 Å². The second kappa shape index (κ2) is 10.9. The molecular formula is C27H22N2O2S2. The Labute approximate surface area is 203 Å². The van der Waals surface area contributed by atoms with Gasteiger partial charge in [0.05, 0.1) is 11.4 Å². The summed E-state index contributed by atoms with van der Waals surface area (Å²) in [5, 5.41) is 0. The molecule has 0 spiro atoms. The van der Waals surface area contributed by atoms with Gasteiger partial charge in [0.2, 0.25) is 5.91 Å². The van der Waals surface area contributed by atoms with Crippen LogP contribution >= 0.6 is 24.0 Å². The number of hydrogen-bond donors (Lipinski definition) is 0. The van der Waals surface area contributed by atoms with Crippen LogP contribution < -0.4 is 4.90 Å². The van der Waals surface area contributed by atoms with E-state index >= 15 is 0 Å². The minimum absolute atomic E-state index is 0.105. The highest BCUT2D eigenvalue weighted by molar-refractivity contribution is 8.26. The first-order valence-electron chi connectivity index (χ1n) is 10.5.